The average Bonchev–Trinajstić information content (AvgIpc) is 3.54. The van der Waals surface area contributed by atoms with Gasteiger partial charge in [0.05, 0.1) is 24.1 Å². The van der Waals surface area contributed by atoms with E-state index in [1.165, 1.54) is 5.56 Å². The number of carbonyl (C=O) groups is 2. The zero-order chi connectivity index (χ0) is 26.1. The van der Waals surface area contributed by atoms with Crippen LogP contribution in [0.4, 0.5) is 5.69 Å². The van der Waals surface area contributed by atoms with Crippen LogP contribution in [0.25, 0.3) is 10.9 Å². The van der Waals surface area contributed by atoms with Gasteiger partial charge in [0, 0.05) is 61.4 Å². The summed E-state index contributed by atoms with van der Waals surface area (Å²) in [5.41, 5.74) is 4.60. The minimum atomic E-state index is 0.0634. The van der Waals surface area contributed by atoms with Gasteiger partial charge < -0.3 is 19.9 Å². The molecule has 194 valence electrons. The molecule has 0 unspecified atom stereocenters. The van der Waals surface area contributed by atoms with Gasteiger partial charge in [0.15, 0.2) is 6.29 Å². The Labute approximate surface area is 217 Å². The summed E-state index contributed by atoms with van der Waals surface area (Å²) in [6.45, 7) is 3.94. The molecule has 2 N–H and O–H groups in total. The molecule has 4 aromatic rings. The number of hydrogen-bond acceptors (Lipinski definition) is 6. The van der Waals surface area contributed by atoms with E-state index in [2.05, 4.69) is 32.4 Å². The lowest BCUT2D eigenvalue weighted by Crippen LogP contribution is -2.41. The first-order valence-electron chi connectivity index (χ1n) is 12.6. The lowest BCUT2D eigenvalue weighted by molar-refractivity contribution is 0.00726. The maximum absolute atomic E-state index is 11.5. The molecule has 5 rings (SSSR count). The van der Waals surface area contributed by atoms with Gasteiger partial charge in [-0.1, -0.05) is 42.5 Å². The monoisotopic (exact) mass is 501 g/mol. The molecule has 0 bridgehead atoms. The Kier molecular flexibility index (Phi) is 8.87. The van der Waals surface area contributed by atoms with Crippen LogP contribution in [-0.2, 0) is 17.8 Å². The van der Waals surface area contributed by atoms with Crippen LogP contribution in [0, 0.1) is 5.41 Å². The van der Waals surface area contributed by atoms with Crippen molar-refractivity contribution in [1.29, 1.82) is 0 Å². The highest BCUT2D eigenvalue weighted by atomic mass is 16.5. The van der Waals surface area contributed by atoms with Gasteiger partial charge in [0.2, 0.25) is 0 Å². The van der Waals surface area contributed by atoms with Crippen molar-refractivity contribution >= 4 is 29.2 Å². The van der Waals surface area contributed by atoms with E-state index in [1.54, 1.807) is 6.07 Å². The van der Waals surface area contributed by atoms with Gasteiger partial charge in [0.1, 0.15) is 6.29 Å². The Hall–Kier alpha value is -3.75. The summed E-state index contributed by atoms with van der Waals surface area (Å²) in [5, 5.41) is 11.6. The number of ether oxygens (including phenoxy) is 1. The molecular weight excluding hydrogens is 466 g/mol. The molecule has 2 aromatic heterocycles. The van der Waals surface area contributed by atoms with Crippen molar-refractivity contribution in [3.05, 3.63) is 83.8 Å². The Morgan fingerprint density at radius 2 is 1.81 bits per heavy atom. The van der Waals surface area contributed by atoms with Crippen LogP contribution in [0.1, 0.15) is 39.3 Å². The number of benzene rings is 2. The van der Waals surface area contributed by atoms with E-state index in [4.69, 9.17) is 4.74 Å². The molecular formula is C29H35N5O3. The molecule has 0 saturated carbocycles. The van der Waals surface area contributed by atoms with Crippen molar-refractivity contribution < 1.29 is 14.3 Å². The molecule has 1 aliphatic rings. The molecule has 0 radical (unpaired) electrons. The Morgan fingerprint density at radius 3 is 2.46 bits per heavy atom. The predicted molar refractivity (Wildman–Crippen MR) is 146 cm³/mol. The number of rotatable bonds is 9. The highest BCUT2D eigenvalue weighted by molar-refractivity contribution is 5.92. The van der Waals surface area contributed by atoms with Crippen LogP contribution >= 0.6 is 0 Å². The molecule has 3 heterocycles. The van der Waals surface area contributed by atoms with Crippen molar-refractivity contribution in [2.45, 2.75) is 25.9 Å². The van der Waals surface area contributed by atoms with Crippen molar-refractivity contribution in [2.75, 3.05) is 39.2 Å². The molecule has 0 atom stereocenters. The van der Waals surface area contributed by atoms with E-state index < -0.39 is 0 Å². The standard InChI is InChI=1S/C18H22N2O3.C11H13N3/c1-19-12-18(4-6-23-7-5-18)13-20-16(11-22)9-15-3-2-14(10-21)8-17(15)20;1-12-11-7-13-14(9-11)8-10-5-3-2-4-6-10/h2-3,8-11,19H,4-7,12-13H2,1H3;2-7,9,12H,8H2,1H3. The highest BCUT2D eigenvalue weighted by Crippen LogP contribution is 2.34. The van der Waals surface area contributed by atoms with Crippen molar-refractivity contribution in [3.63, 3.8) is 0 Å². The second-order valence-electron chi connectivity index (χ2n) is 9.51. The van der Waals surface area contributed by atoms with Crippen LogP contribution < -0.4 is 10.6 Å². The van der Waals surface area contributed by atoms with Gasteiger partial charge in [-0.05, 0) is 37.6 Å². The Bertz CT molecular complexity index is 1300. The summed E-state index contributed by atoms with van der Waals surface area (Å²) >= 11 is 0. The second-order valence-corrected chi connectivity index (χ2v) is 9.51. The first-order chi connectivity index (χ1) is 18.1. The quantitative estimate of drug-likeness (QED) is 0.333. The maximum atomic E-state index is 11.5. The Morgan fingerprint density at radius 1 is 1.03 bits per heavy atom. The van der Waals surface area contributed by atoms with Crippen LogP contribution in [0.3, 0.4) is 0 Å². The zero-order valence-corrected chi connectivity index (χ0v) is 21.5. The minimum absolute atomic E-state index is 0.0634. The van der Waals surface area contributed by atoms with Gasteiger partial charge in [-0.15, -0.1) is 0 Å². The molecule has 2 aromatic carbocycles. The van der Waals surface area contributed by atoms with E-state index in [9.17, 15) is 9.59 Å². The smallest absolute Gasteiger partial charge is 0.166 e. The third kappa shape index (κ3) is 6.53. The van der Waals surface area contributed by atoms with Gasteiger partial charge >= 0.3 is 0 Å². The van der Waals surface area contributed by atoms with Gasteiger partial charge in [0.25, 0.3) is 0 Å². The number of anilines is 1. The lowest BCUT2D eigenvalue weighted by Gasteiger charge is -2.38. The molecule has 1 fully saturated rings. The number of nitrogens with zero attached hydrogens (tertiary/aromatic N) is 3. The van der Waals surface area contributed by atoms with Crippen LogP contribution in [-0.4, -0.2) is 60.8 Å². The number of carbonyl (C=O) groups excluding carboxylic acids is 2. The average molecular weight is 502 g/mol. The number of nitrogens with one attached hydrogen (secondary N) is 2. The summed E-state index contributed by atoms with van der Waals surface area (Å²) in [4.78, 5) is 22.6. The predicted octanol–water partition coefficient (Wildman–Crippen LogP) is 4.26. The molecule has 8 nitrogen and oxygen atoms in total. The summed E-state index contributed by atoms with van der Waals surface area (Å²) in [6.07, 6.45) is 7.47. The van der Waals surface area contributed by atoms with E-state index >= 15 is 0 Å². The SMILES string of the molecule is CNCC1(Cn2c(C=O)cc3ccc(C=O)cc32)CCOCC1.CNc1cnn(Cc2ccccc2)c1. The van der Waals surface area contributed by atoms with Gasteiger partial charge in [-0.2, -0.15) is 5.10 Å². The van der Waals surface area contributed by atoms with Crippen molar-refractivity contribution in [2.24, 2.45) is 5.41 Å². The summed E-state index contributed by atoms with van der Waals surface area (Å²) in [5.74, 6) is 0. The summed E-state index contributed by atoms with van der Waals surface area (Å²) < 4.78 is 9.49. The summed E-state index contributed by atoms with van der Waals surface area (Å²) in [7, 11) is 3.85. The number of aldehydes is 2. The van der Waals surface area contributed by atoms with E-state index in [0.29, 0.717) is 11.3 Å². The Balaban J connectivity index is 0.000000195. The van der Waals surface area contributed by atoms with E-state index in [1.807, 2.05) is 67.6 Å². The minimum Gasteiger partial charge on any atom is -0.386 e. The molecule has 8 heteroatoms. The normalized spacial score (nSPS) is 14.5. The van der Waals surface area contributed by atoms with Crippen LogP contribution in [0.15, 0.2) is 67.0 Å². The van der Waals surface area contributed by atoms with Gasteiger partial charge in [-0.3, -0.25) is 14.3 Å². The molecule has 0 amide bonds. The third-order valence-corrected chi connectivity index (χ3v) is 6.93. The number of hydrogen-bond donors (Lipinski definition) is 2. The maximum Gasteiger partial charge on any atom is 0.166 e. The first-order valence-corrected chi connectivity index (χ1v) is 12.6. The molecule has 1 saturated heterocycles. The topological polar surface area (TPSA) is 90.2 Å². The van der Waals surface area contributed by atoms with Crippen LogP contribution in [0.5, 0.6) is 0 Å². The fourth-order valence-corrected chi connectivity index (χ4v) is 4.90. The first kappa shape index (κ1) is 26.3. The van der Waals surface area contributed by atoms with Crippen molar-refractivity contribution in [3.8, 4) is 0 Å². The fourth-order valence-electron chi connectivity index (χ4n) is 4.90. The van der Waals surface area contributed by atoms with E-state index in [0.717, 1.165) is 74.9 Å². The number of fused-ring (bicyclic) bond motifs is 1. The largest absolute Gasteiger partial charge is 0.386 e. The second kappa shape index (κ2) is 12.5. The summed E-state index contributed by atoms with van der Waals surface area (Å²) in [6, 6.07) is 17.7. The number of aromatic nitrogens is 3. The molecule has 37 heavy (non-hydrogen) atoms. The van der Waals surface area contributed by atoms with E-state index in [-0.39, 0.29) is 5.41 Å². The molecule has 1 aliphatic heterocycles. The molecule has 0 aliphatic carbocycles. The van der Waals surface area contributed by atoms with Gasteiger partial charge in [-0.25, -0.2) is 0 Å². The fraction of sp³-hybridized carbons (Fsp3) is 0.345. The lowest BCUT2D eigenvalue weighted by atomic mass is 9.80. The highest BCUT2D eigenvalue weighted by Gasteiger charge is 2.33. The molecule has 0 spiro atoms. The van der Waals surface area contributed by atoms with Crippen molar-refractivity contribution in [1.82, 2.24) is 19.7 Å². The van der Waals surface area contributed by atoms with Crippen LogP contribution in [0.2, 0.25) is 0 Å². The third-order valence-electron chi connectivity index (χ3n) is 6.93. The zero-order valence-electron chi connectivity index (χ0n) is 21.5.